The minimum Gasteiger partial charge on any atom is -0.241 e. The Morgan fingerprint density at radius 2 is 1.27 bits per heavy atom. The van der Waals surface area contributed by atoms with Crippen molar-refractivity contribution < 1.29 is 16.8 Å². The van der Waals surface area contributed by atoms with Crippen LogP contribution in [0.4, 0.5) is 0 Å². The molecular weight excluding hydrogens is 478 g/mol. The Morgan fingerprint density at radius 3 is 1.85 bits per heavy atom. The van der Waals surface area contributed by atoms with E-state index in [0.717, 1.165) is 47.3 Å². The Bertz CT molecular complexity index is 1300. The van der Waals surface area contributed by atoms with Crippen LogP contribution in [0.1, 0.15) is 43.0 Å². The summed E-state index contributed by atoms with van der Waals surface area (Å²) < 4.78 is 56.2. The summed E-state index contributed by atoms with van der Waals surface area (Å²) in [7, 11) is -7.25. The van der Waals surface area contributed by atoms with Crippen LogP contribution in [0.15, 0.2) is 58.3 Å². The average Bonchev–Trinajstić information content (AvgIpc) is 3.29. The molecule has 5 rings (SSSR count). The van der Waals surface area contributed by atoms with E-state index in [0.29, 0.717) is 26.2 Å². The number of benzene rings is 2. The Hall–Kier alpha value is -1.85. The van der Waals surface area contributed by atoms with Gasteiger partial charge in [-0.2, -0.15) is 8.61 Å². The summed E-state index contributed by atoms with van der Waals surface area (Å²) in [6, 6.07) is 13.7. The van der Waals surface area contributed by atoms with E-state index in [1.807, 2.05) is 18.2 Å². The number of aromatic nitrogens is 1. The molecule has 7 nitrogen and oxygen atoms in total. The number of thiazole rings is 1. The van der Waals surface area contributed by atoms with Crippen molar-refractivity contribution >= 4 is 41.6 Å². The molecule has 0 radical (unpaired) electrons. The normalized spacial score (nSPS) is 19.8. The zero-order valence-electron chi connectivity index (χ0n) is 18.3. The molecule has 2 saturated heterocycles. The summed E-state index contributed by atoms with van der Waals surface area (Å²) in [6.45, 7) is 1.89. The Labute approximate surface area is 199 Å². The molecule has 0 bridgehead atoms. The summed E-state index contributed by atoms with van der Waals surface area (Å²) in [6.07, 6.45) is 4.21. The van der Waals surface area contributed by atoms with Crippen molar-refractivity contribution in [3.63, 3.8) is 0 Å². The summed E-state index contributed by atoms with van der Waals surface area (Å²) in [5, 5.41) is 1.07. The molecule has 33 heavy (non-hydrogen) atoms. The molecule has 2 aliphatic rings. The second kappa shape index (κ2) is 9.07. The number of sulfonamides is 2. The Kier molecular flexibility index (Phi) is 6.30. The van der Waals surface area contributed by atoms with Crippen LogP contribution in [0, 0.1) is 0 Å². The lowest BCUT2D eigenvalue weighted by Crippen LogP contribution is -2.38. The fourth-order valence-corrected chi connectivity index (χ4v) is 8.72. The zero-order valence-corrected chi connectivity index (χ0v) is 20.7. The van der Waals surface area contributed by atoms with Gasteiger partial charge in [-0.05, 0) is 62.1 Å². The van der Waals surface area contributed by atoms with E-state index in [2.05, 4.69) is 6.07 Å². The van der Waals surface area contributed by atoms with Crippen molar-refractivity contribution in [1.82, 2.24) is 13.6 Å². The third kappa shape index (κ3) is 4.46. The highest BCUT2D eigenvalue weighted by Gasteiger charge is 2.32. The molecule has 3 aromatic rings. The van der Waals surface area contributed by atoms with Gasteiger partial charge < -0.3 is 0 Å². The molecule has 0 unspecified atom stereocenters. The van der Waals surface area contributed by atoms with Gasteiger partial charge >= 0.3 is 0 Å². The second-order valence-corrected chi connectivity index (χ2v) is 13.6. The number of hydrogen-bond donors (Lipinski definition) is 0. The first-order valence-electron chi connectivity index (χ1n) is 11.3. The predicted molar refractivity (Wildman–Crippen MR) is 129 cm³/mol. The molecule has 2 aromatic carbocycles. The summed E-state index contributed by atoms with van der Waals surface area (Å²) >= 11 is 1.68. The van der Waals surface area contributed by atoms with E-state index >= 15 is 0 Å². The number of para-hydroxylation sites is 1. The van der Waals surface area contributed by atoms with Crippen LogP contribution >= 0.6 is 11.3 Å². The monoisotopic (exact) mass is 505 g/mol. The van der Waals surface area contributed by atoms with E-state index in [9.17, 15) is 16.8 Å². The zero-order chi connectivity index (χ0) is 23.1. The van der Waals surface area contributed by atoms with Gasteiger partial charge in [-0.3, -0.25) is 0 Å². The highest BCUT2D eigenvalue weighted by atomic mass is 32.2. The first-order chi connectivity index (χ1) is 15.9. The van der Waals surface area contributed by atoms with Crippen LogP contribution in [0.2, 0.25) is 0 Å². The van der Waals surface area contributed by atoms with Gasteiger partial charge in [0.25, 0.3) is 0 Å². The quantitative estimate of drug-likeness (QED) is 0.522. The van der Waals surface area contributed by atoms with Crippen LogP contribution in [0.25, 0.3) is 10.2 Å². The maximum Gasteiger partial charge on any atom is 0.243 e. The fraction of sp³-hybridized carbons (Fsp3) is 0.435. The molecule has 176 valence electrons. The molecule has 0 aliphatic carbocycles. The minimum atomic E-state index is -3.67. The lowest BCUT2D eigenvalue weighted by molar-refractivity contribution is 0.319. The summed E-state index contributed by atoms with van der Waals surface area (Å²) in [4.78, 5) is 5.03. The van der Waals surface area contributed by atoms with E-state index < -0.39 is 20.0 Å². The second-order valence-electron chi connectivity index (χ2n) is 8.63. The van der Waals surface area contributed by atoms with Crippen molar-refractivity contribution in [3.05, 3.63) is 53.5 Å². The minimum absolute atomic E-state index is 0.138. The van der Waals surface area contributed by atoms with E-state index in [-0.39, 0.29) is 15.7 Å². The van der Waals surface area contributed by atoms with E-state index in [4.69, 9.17) is 4.98 Å². The van der Waals surface area contributed by atoms with Gasteiger partial charge in [-0.25, -0.2) is 21.8 Å². The molecule has 2 aliphatic heterocycles. The van der Waals surface area contributed by atoms with Gasteiger partial charge in [-0.15, -0.1) is 11.3 Å². The lowest BCUT2D eigenvalue weighted by atomic mass is 9.99. The van der Waals surface area contributed by atoms with Gasteiger partial charge in [0.2, 0.25) is 20.0 Å². The average molecular weight is 506 g/mol. The van der Waals surface area contributed by atoms with Crippen LogP contribution in [0.5, 0.6) is 0 Å². The number of hydrogen-bond acceptors (Lipinski definition) is 6. The highest BCUT2D eigenvalue weighted by Crippen LogP contribution is 2.35. The van der Waals surface area contributed by atoms with Crippen LogP contribution in [0.3, 0.4) is 0 Å². The van der Waals surface area contributed by atoms with Gasteiger partial charge in [0.15, 0.2) is 0 Å². The number of rotatable bonds is 5. The molecule has 1 aromatic heterocycles. The van der Waals surface area contributed by atoms with Crippen LogP contribution < -0.4 is 0 Å². The summed E-state index contributed by atoms with van der Waals surface area (Å²) in [5.74, 6) is 0.255. The molecule has 0 saturated carbocycles. The van der Waals surface area contributed by atoms with E-state index in [1.165, 1.54) is 32.9 Å². The third-order valence-electron chi connectivity index (χ3n) is 6.53. The maximum atomic E-state index is 13.2. The predicted octanol–water partition coefficient (Wildman–Crippen LogP) is 4.04. The molecule has 0 atom stereocenters. The molecule has 0 spiro atoms. The molecule has 2 fully saturated rings. The van der Waals surface area contributed by atoms with E-state index in [1.54, 1.807) is 11.3 Å². The van der Waals surface area contributed by atoms with Crippen LogP contribution in [-0.2, 0) is 20.0 Å². The third-order valence-corrected chi connectivity index (χ3v) is 11.6. The molecule has 10 heteroatoms. The largest absolute Gasteiger partial charge is 0.243 e. The number of piperidine rings is 2. The maximum absolute atomic E-state index is 13.2. The SMILES string of the molecule is O=S(=O)(c1ccc(S(=O)(=O)N2CCC(c3nc4ccccc4s3)CC2)cc1)N1CCCCC1. The smallest absolute Gasteiger partial charge is 0.241 e. The Morgan fingerprint density at radius 1 is 0.727 bits per heavy atom. The number of fused-ring (bicyclic) bond motifs is 1. The summed E-state index contributed by atoms with van der Waals surface area (Å²) in [5.41, 5.74) is 0.993. The fourth-order valence-electron chi connectivity index (χ4n) is 4.59. The van der Waals surface area contributed by atoms with Gasteiger partial charge in [0.05, 0.1) is 25.0 Å². The van der Waals surface area contributed by atoms with Crippen LogP contribution in [-0.4, -0.2) is 56.6 Å². The van der Waals surface area contributed by atoms with Gasteiger partial charge in [0.1, 0.15) is 0 Å². The van der Waals surface area contributed by atoms with Crippen molar-refractivity contribution in [2.75, 3.05) is 26.2 Å². The molecule has 0 amide bonds. The van der Waals surface area contributed by atoms with Crippen molar-refractivity contribution in [2.24, 2.45) is 0 Å². The van der Waals surface area contributed by atoms with Crippen molar-refractivity contribution in [1.29, 1.82) is 0 Å². The molecule has 3 heterocycles. The van der Waals surface area contributed by atoms with Gasteiger partial charge in [-0.1, -0.05) is 18.6 Å². The highest BCUT2D eigenvalue weighted by molar-refractivity contribution is 7.89. The lowest BCUT2D eigenvalue weighted by Gasteiger charge is -2.30. The van der Waals surface area contributed by atoms with Crippen molar-refractivity contribution in [2.45, 2.75) is 47.8 Å². The first-order valence-corrected chi connectivity index (χ1v) is 15.0. The standard InChI is InChI=1S/C23H27N3O4S3/c27-32(28,25-14-4-1-5-15-25)19-8-10-20(11-9-19)33(29,30)26-16-12-18(13-17-26)23-24-21-6-2-3-7-22(21)31-23/h2-3,6-11,18H,1,4-5,12-17H2. The van der Waals surface area contributed by atoms with Gasteiger partial charge in [0, 0.05) is 32.1 Å². The molecule has 0 N–H and O–H groups in total. The number of nitrogens with zero attached hydrogens (tertiary/aromatic N) is 3. The topological polar surface area (TPSA) is 87.6 Å². The Balaban J connectivity index is 1.28. The molecular formula is C23H27N3O4S3. The first kappa shape index (κ1) is 22.9. The van der Waals surface area contributed by atoms with Crippen molar-refractivity contribution in [3.8, 4) is 0 Å².